The first-order valence-corrected chi connectivity index (χ1v) is 7.23. The monoisotopic (exact) mass is 273 g/mol. The summed E-state index contributed by atoms with van der Waals surface area (Å²) in [5.74, 6) is -0.996. The van der Waals surface area contributed by atoms with Gasteiger partial charge < -0.3 is 10.0 Å². The van der Waals surface area contributed by atoms with Crippen LogP contribution in [0, 0.1) is 11.8 Å². The van der Waals surface area contributed by atoms with Crippen molar-refractivity contribution in [1.82, 2.24) is 4.90 Å². The minimum Gasteiger partial charge on any atom is -0.481 e. The molecule has 1 heterocycles. The van der Waals surface area contributed by atoms with Crippen LogP contribution in [0.2, 0.25) is 0 Å². The highest BCUT2D eigenvalue weighted by atomic mass is 16.4. The number of benzene rings is 1. The summed E-state index contributed by atoms with van der Waals surface area (Å²) < 4.78 is 0. The molecule has 1 N–H and O–H groups in total. The number of aliphatic carboxylic acids is 1. The van der Waals surface area contributed by atoms with Crippen LogP contribution in [0.4, 0.5) is 0 Å². The number of hydrogen-bond donors (Lipinski definition) is 1. The Balaban J connectivity index is 1.66. The number of fused-ring (bicyclic) bond motifs is 1. The molecule has 2 aliphatic rings. The molecule has 20 heavy (non-hydrogen) atoms. The number of likely N-dealkylation sites (tertiary alicyclic amines) is 1. The average molecular weight is 273 g/mol. The highest BCUT2D eigenvalue weighted by Crippen LogP contribution is 2.28. The first-order valence-electron chi connectivity index (χ1n) is 7.23. The lowest BCUT2D eigenvalue weighted by atomic mass is 9.83. The van der Waals surface area contributed by atoms with Gasteiger partial charge in [-0.2, -0.15) is 0 Å². The molecule has 1 aromatic rings. The van der Waals surface area contributed by atoms with Gasteiger partial charge in [0.1, 0.15) is 0 Å². The van der Waals surface area contributed by atoms with Crippen LogP contribution in [0.5, 0.6) is 0 Å². The molecular weight excluding hydrogens is 254 g/mol. The van der Waals surface area contributed by atoms with E-state index in [-0.39, 0.29) is 17.7 Å². The summed E-state index contributed by atoms with van der Waals surface area (Å²) in [4.78, 5) is 25.2. The lowest BCUT2D eigenvalue weighted by Gasteiger charge is -2.27. The Labute approximate surface area is 118 Å². The SMILES string of the molecule is O=C(O)C1CCN(C(=O)C2CCc3ccccc3C2)C1. The van der Waals surface area contributed by atoms with Gasteiger partial charge in [-0.15, -0.1) is 0 Å². The maximum Gasteiger partial charge on any atom is 0.308 e. The lowest BCUT2D eigenvalue weighted by molar-refractivity contribution is -0.141. The van der Waals surface area contributed by atoms with E-state index >= 15 is 0 Å². The van der Waals surface area contributed by atoms with Crippen LogP contribution in [0.15, 0.2) is 24.3 Å². The molecule has 4 nitrogen and oxygen atoms in total. The molecule has 0 bridgehead atoms. The van der Waals surface area contributed by atoms with Crippen LogP contribution in [-0.4, -0.2) is 35.0 Å². The molecule has 106 valence electrons. The number of nitrogens with zero attached hydrogens (tertiary/aromatic N) is 1. The fraction of sp³-hybridized carbons (Fsp3) is 0.500. The Morgan fingerprint density at radius 2 is 1.85 bits per heavy atom. The second-order valence-electron chi connectivity index (χ2n) is 5.82. The molecule has 1 amide bonds. The van der Waals surface area contributed by atoms with E-state index < -0.39 is 5.97 Å². The first kappa shape index (κ1) is 13.2. The van der Waals surface area contributed by atoms with Crippen LogP contribution in [0.1, 0.15) is 24.0 Å². The Morgan fingerprint density at radius 3 is 2.55 bits per heavy atom. The Bertz CT molecular complexity index is 540. The summed E-state index contributed by atoms with van der Waals surface area (Å²) in [7, 11) is 0. The number of amides is 1. The number of rotatable bonds is 2. The zero-order valence-electron chi connectivity index (χ0n) is 11.4. The second-order valence-corrected chi connectivity index (χ2v) is 5.82. The minimum atomic E-state index is -0.783. The van der Waals surface area contributed by atoms with Crippen LogP contribution in [0.3, 0.4) is 0 Å². The smallest absolute Gasteiger partial charge is 0.308 e. The van der Waals surface area contributed by atoms with Gasteiger partial charge in [-0.3, -0.25) is 9.59 Å². The number of aryl methyl sites for hydroxylation is 1. The summed E-state index contributed by atoms with van der Waals surface area (Å²) in [5, 5.41) is 9.02. The third-order valence-corrected chi connectivity index (χ3v) is 4.55. The molecule has 4 heteroatoms. The number of carbonyl (C=O) groups excluding carboxylic acids is 1. The molecule has 0 aromatic heterocycles. The standard InChI is InChI=1S/C16H19NO3/c18-15(17-8-7-14(10-17)16(19)20)13-6-5-11-3-1-2-4-12(11)9-13/h1-4,13-14H,5-10H2,(H,19,20). The van der Waals surface area contributed by atoms with E-state index in [1.165, 1.54) is 11.1 Å². The number of hydrogen-bond acceptors (Lipinski definition) is 2. The molecule has 1 aliphatic carbocycles. The average Bonchev–Trinajstić information content (AvgIpc) is 2.96. The fourth-order valence-electron chi connectivity index (χ4n) is 3.33. The summed E-state index contributed by atoms with van der Waals surface area (Å²) in [6.45, 7) is 0.972. The fourth-order valence-corrected chi connectivity index (χ4v) is 3.33. The van der Waals surface area contributed by atoms with Crippen LogP contribution < -0.4 is 0 Å². The van der Waals surface area contributed by atoms with E-state index in [1.807, 2.05) is 12.1 Å². The molecule has 2 atom stereocenters. The maximum absolute atomic E-state index is 12.5. The van der Waals surface area contributed by atoms with Gasteiger partial charge in [0.2, 0.25) is 5.91 Å². The van der Waals surface area contributed by atoms with Crippen LogP contribution >= 0.6 is 0 Å². The largest absolute Gasteiger partial charge is 0.481 e. The lowest BCUT2D eigenvalue weighted by Crippen LogP contribution is -2.37. The van der Waals surface area contributed by atoms with Crippen molar-refractivity contribution in [1.29, 1.82) is 0 Å². The summed E-state index contributed by atoms with van der Waals surface area (Å²) >= 11 is 0. The summed E-state index contributed by atoms with van der Waals surface area (Å²) in [5.41, 5.74) is 2.62. The molecule has 0 saturated carbocycles. The van der Waals surface area contributed by atoms with Gasteiger partial charge in [0.25, 0.3) is 0 Å². The van der Waals surface area contributed by atoms with Crippen molar-refractivity contribution in [2.75, 3.05) is 13.1 Å². The van der Waals surface area contributed by atoms with Crippen molar-refractivity contribution in [3.63, 3.8) is 0 Å². The summed E-state index contributed by atoms with van der Waals surface area (Å²) in [6.07, 6.45) is 3.21. The highest BCUT2D eigenvalue weighted by Gasteiger charge is 2.35. The zero-order valence-corrected chi connectivity index (χ0v) is 11.4. The molecule has 0 spiro atoms. The Hall–Kier alpha value is -1.84. The van der Waals surface area contributed by atoms with E-state index in [0.29, 0.717) is 19.5 Å². The van der Waals surface area contributed by atoms with Crippen molar-refractivity contribution < 1.29 is 14.7 Å². The number of carbonyl (C=O) groups is 2. The van der Waals surface area contributed by atoms with Gasteiger partial charge in [-0.05, 0) is 36.8 Å². The molecule has 0 radical (unpaired) electrons. The van der Waals surface area contributed by atoms with Crippen molar-refractivity contribution in [2.45, 2.75) is 25.7 Å². The molecular formula is C16H19NO3. The predicted molar refractivity (Wildman–Crippen MR) is 74.3 cm³/mol. The van der Waals surface area contributed by atoms with Crippen molar-refractivity contribution in [3.8, 4) is 0 Å². The normalized spacial score (nSPS) is 25.3. The highest BCUT2D eigenvalue weighted by molar-refractivity contribution is 5.81. The number of carboxylic acids is 1. The predicted octanol–water partition coefficient (Wildman–Crippen LogP) is 1.72. The third kappa shape index (κ3) is 2.42. The van der Waals surface area contributed by atoms with Crippen LogP contribution in [-0.2, 0) is 22.4 Å². The second kappa shape index (κ2) is 5.27. The van der Waals surface area contributed by atoms with E-state index in [0.717, 1.165) is 19.3 Å². The molecule has 2 unspecified atom stereocenters. The molecule has 1 aliphatic heterocycles. The van der Waals surface area contributed by atoms with Gasteiger partial charge >= 0.3 is 5.97 Å². The molecule has 1 saturated heterocycles. The maximum atomic E-state index is 12.5. The Morgan fingerprint density at radius 1 is 1.10 bits per heavy atom. The topological polar surface area (TPSA) is 57.6 Å². The van der Waals surface area contributed by atoms with Gasteiger partial charge in [0.15, 0.2) is 0 Å². The first-order chi connectivity index (χ1) is 9.65. The van der Waals surface area contributed by atoms with Gasteiger partial charge in [0, 0.05) is 19.0 Å². The zero-order chi connectivity index (χ0) is 14.1. The van der Waals surface area contributed by atoms with E-state index in [4.69, 9.17) is 5.11 Å². The van der Waals surface area contributed by atoms with E-state index in [2.05, 4.69) is 12.1 Å². The molecule has 1 fully saturated rings. The van der Waals surface area contributed by atoms with Crippen molar-refractivity contribution in [3.05, 3.63) is 35.4 Å². The van der Waals surface area contributed by atoms with E-state index in [9.17, 15) is 9.59 Å². The van der Waals surface area contributed by atoms with Crippen molar-refractivity contribution in [2.24, 2.45) is 11.8 Å². The minimum absolute atomic E-state index is 0.0254. The van der Waals surface area contributed by atoms with Gasteiger partial charge in [0.05, 0.1) is 5.92 Å². The van der Waals surface area contributed by atoms with Crippen LogP contribution in [0.25, 0.3) is 0 Å². The third-order valence-electron chi connectivity index (χ3n) is 4.55. The van der Waals surface area contributed by atoms with Gasteiger partial charge in [-0.25, -0.2) is 0 Å². The molecule has 3 rings (SSSR count). The van der Waals surface area contributed by atoms with Crippen molar-refractivity contribution >= 4 is 11.9 Å². The number of carboxylic acid groups (broad SMARTS) is 1. The molecule has 1 aromatic carbocycles. The van der Waals surface area contributed by atoms with Gasteiger partial charge in [-0.1, -0.05) is 24.3 Å². The quantitative estimate of drug-likeness (QED) is 0.892. The Kier molecular flexibility index (Phi) is 3.47. The van der Waals surface area contributed by atoms with E-state index in [1.54, 1.807) is 4.90 Å². The summed E-state index contributed by atoms with van der Waals surface area (Å²) in [6, 6.07) is 8.28.